The Kier molecular flexibility index (Phi) is 2.95. The number of aryl methyl sites for hydroxylation is 1. The van der Waals surface area contributed by atoms with E-state index in [0.717, 1.165) is 16.8 Å². The Labute approximate surface area is 117 Å². The first kappa shape index (κ1) is 12.0. The van der Waals surface area contributed by atoms with Gasteiger partial charge in [-0.3, -0.25) is 0 Å². The summed E-state index contributed by atoms with van der Waals surface area (Å²) in [6.45, 7) is 1.92. The molecule has 3 heteroatoms. The van der Waals surface area contributed by atoms with Crippen LogP contribution < -0.4 is 0 Å². The summed E-state index contributed by atoms with van der Waals surface area (Å²) in [6, 6.07) is 13.7. The monoisotopic (exact) mass is 257 g/mol. The molecule has 0 atom stereocenters. The fourth-order valence-electron chi connectivity index (χ4n) is 2.05. The largest absolute Gasteiger partial charge is 0.318 e. The van der Waals surface area contributed by atoms with Gasteiger partial charge in [-0.15, -0.1) is 0 Å². The Morgan fingerprint density at radius 2 is 1.85 bits per heavy atom. The Balaban J connectivity index is 2.14. The van der Waals surface area contributed by atoms with Crippen LogP contribution >= 0.6 is 0 Å². The number of rotatable bonds is 0. The van der Waals surface area contributed by atoms with Crippen LogP contribution in [0.15, 0.2) is 48.8 Å². The molecule has 0 radical (unpaired) electrons. The van der Waals surface area contributed by atoms with Gasteiger partial charge in [0.15, 0.2) is 0 Å². The summed E-state index contributed by atoms with van der Waals surface area (Å²) < 4.78 is 1.90. The topological polar surface area (TPSA) is 41.1 Å². The zero-order valence-electron chi connectivity index (χ0n) is 11.0. The Morgan fingerprint density at radius 1 is 1.05 bits per heavy atom. The molecule has 0 fully saturated rings. The van der Waals surface area contributed by atoms with Gasteiger partial charge in [0.2, 0.25) is 0 Å². The number of nitriles is 1. The highest BCUT2D eigenvalue weighted by Gasteiger charge is 2.05. The maximum atomic E-state index is 8.99. The smallest absolute Gasteiger partial charge is 0.137 e. The fourth-order valence-corrected chi connectivity index (χ4v) is 2.05. The van der Waals surface area contributed by atoms with Gasteiger partial charge in [0.05, 0.1) is 16.8 Å². The molecule has 3 rings (SSSR count). The van der Waals surface area contributed by atoms with E-state index in [9.17, 15) is 0 Å². The van der Waals surface area contributed by atoms with Gasteiger partial charge in [0, 0.05) is 18.0 Å². The van der Waals surface area contributed by atoms with Crippen molar-refractivity contribution in [1.29, 1.82) is 5.26 Å². The third kappa shape index (κ3) is 2.25. The second kappa shape index (κ2) is 4.91. The summed E-state index contributed by atoms with van der Waals surface area (Å²) in [6.07, 6.45) is 3.68. The number of nitrogens with zero attached hydrogens (tertiary/aromatic N) is 3. The fraction of sp³-hybridized carbons (Fsp3) is 0.0588. The zero-order chi connectivity index (χ0) is 13.9. The van der Waals surface area contributed by atoms with Crippen molar-refractivity contribution in [2.24, 2.45) is 0 Å². The van der Waals surface area contributed by atoms with Crippen molar-refractivity contribution in [3.8, 4) is 17.9 Å². The van der Waals surface area contributed by atoms with Crippen molar-refractivity contribution in [2.75, 3.05) is 0 Å². The molecule has 0 amide bonds. The molecule has 20 heavy (non-hydrogen) atoms. The third-order valence-corrected chi connectivity index (χ3v) is 2.93. The Morgan fingerprint density at radius 3 is 2.60 bits per heavy atom. The van der Waals surface area contributed by atoms with Crippen LogP contribution in [-0.4, -0.2) is 9.38 Å². The Bertz CT molecular complexity index is 871. The van der Waals surface area contributed by atoms with Crippen molar-refractivity contribution >= 4 is 5.52 Å². The maximum Gasteiger partial charge on any atom is 0.137 e. The van der Waals surface area contributed by atoms with Gasteiger partial charge in [-0.1, -0.05) is 24.1 Å². The molecule has 3 nitrogen and oxygen atoms in total. The lowest BCUT2D eigenvalue weighted by Crippen LogP contribution is -1.94. The van der Waals surface area contributed by atoms with Crippen LogP contribution in [0.3, 0.4) is 0 Å². The lowest BCUT2D eigenvalue weighted by Gasteiger charge is -1.99. The van der Waals surface area contributed by atoms with E-state index in [2.05, 4.69) is 22.9 Å². The molecule has 0 unspecified atom stereocenters. The van der Waals surface area contributed by atoms with Gasteiger partial charge in [0.1, 0.15) is 11.8 Å². The summed E-state index contributed by atoms with van der Waals surface area (Å²) in [5.41, 5.74) is 3.97. The van der Waals surface area contributed by atoms with Crippen LogP contribution in [-0.2, 0) is 0 Å². The molecule has 0 N–H and O–H groups in total. The van der Waals surface area contributed by atoms with E-state index in [1.54, 1.807) is 12.3 Å². The van der Waals surface area contributed by atoms with E-state index in [1.165, 1.54) is 0 Å². The van der Waals surface area contributed by atoms with Crippen LogP contribution in [0.1, 0.15) is 22.5 Å². The SMILES string of the molecule is Cc1cn2cc(C#N)cc2c(C#Cc2ccccc2)n1. The summed E-state index contributed by atoms with van der Waals surface area (Å²) in [5, 5.41) is 8.99. The van der Waals surface area contributed by atoms with Crippen LogP contribution in [0.25, 0.3) is 5.52 Å². The van der Waals surface area contributed by atoms with Crippen molar-refractivity contribution in [3.63, 3.8) is 0 Å². The molecule has 3 aromatic rings. The first-order valence-electron chi connectivity index (χ1n) is 6.23. The number of fused-ring (bicyclic) bond motifs is 1. The van der Waals surface area contributed by atoms with Crippen molar-refractivity contribution < 1.29 is 0 Å². The number of hydrogen-bond donors (Lipinski definition) is 0. The molecule has 0 bridgehead atoms. The number of benzene rings is 1. The molecule has 0 spiro atoms. The first-order valence-corrected chi connectivity index (χ1v) is 6.23. The van der Waals surface area contributed by atoms with E-state index in [-0.39, 0.29) is 0 Å². The molecular formula is C17H11N3. The molecule has 0 aliphatic carbocycles. The quantitative estimate of drug-likeness (QED) is 0.581. The highest BCUT2D eigenvalue weighted by molar-refractivity contribution is 5.63. The predicted molar refractivity (Wildman–Crippen MR) is 77.1 cm³/mol. The second-order valence-electron chi connectivity index (χ2n) is 4.48. The van der Waals surface area contributed by atoms with Crippen LogP contribution in [0.2, 0.25) is 0 Å². The lowest BCUT2D eigenvalue weighted by molar-refractivity contribution is 1.07. The summed E-state index contributed by atoms with van der Waals surface area (Å²) in [5.74, 6) is 6.19. The molecule has 94 valence electrons. The van der Waals surface area contributed by atoms with E-state index in [1.807, 2.05) is 47.9 Å². The Hall–Kier alpha value is -3.04. The van der Waals surface area contributed by atoms with Gasteiger partial charge < -0.3 is 4.40 Å². The van der Waals surface area contributed by atoms with Gasteiger partial charge in [-0.25, -0.2) is 4.98 Å². The van der Waals surface area contributed by atoms with Crippen LogP contribution in [0.4, 0.5) is 0 Å². The van der Waals surface area contributed by atoms with E-state index in [0.29, 0.717) is 11.3 Å². The van der Waals surface area contributed by atoms with E-state index >= 15 is 0 Å². The number of aromatic nitrogens is 2. The molecule has 1 aromatic carbocycles. The second-order valence-corrected chi connectivity index (χ2v) is 4.48. The van der Waals surface area contributed by atoms with Crippen molar-refractivity contribution in [2.45, 2.75) is 6.92 Å². The molecular weight excluding hydrogens is 246 g/mol. The highest BCUT2D eigenvalue weighted by atomic mass is 14.9. The summed E-state index contributed by atoms with van der Waals surface area (Å²) >= 11 is 0. The molecule has 0 saturated heterocycles. The van der Waals surface area contributed by atoms with Gasteiger partial charge in [-0.2, -0.15) is 5.26 Å². The third-order valence-electron chi connectivity index (χ3n) is 2.93. The summed E-state index contributed by atoms with van der Waals surface area (Å²) in [7, 11) is 0. The van der Waals surface area contributed by atoms with Gasteiger partial charge in [-0.05, 0) is 31.0 Å². The zero-order valence-corrected chi connectivity index (χ0v) is 11.0. The molecule has 2 aromatic heterocycles. The lowest BCUT2D eigenvalue weighted by atomic mass is 10.2. The van der Waals surface area contributed by atoms with E-state index in [4.69, 9.17) is 5.26 Å². The standard InChI is InChI=1S/C17H11N3/c1-13-11-20-12-15(10-18)9-17(20)16(19-13)8-7-14-5-3-2-4-6-14/h2-6,9,11-12H,1H3. The molecule has 0 aliphatic rings. The van der Waals surface area contributed by atoms with Crippen molar-refractivity contribution in [1.82, 2.24) is 9.38 Å². The first-order chi connectivity index (χ1) is 9.76. The molecule has 0 aliphatic heterocycles. The van der Waals surface area contributed by atoms with Gasteiger partial charge >= 0.3 is 0 Å². The predicted octanol–water partition coefficient (Wildman–Crippen LogP) is 2.91. The van der Waals surface area contributed by atoms with Crippen LogP contribution in [0, 0.1) is 30.1 Å². The summed E-state index contributed by atoms with van der Waals surface area (Å²) in [4.78, 5) is 4.46. The normalized spacial score (nSPS) is 9.80. The average molecular weight is 257 g/mol. The van der Waals surface area contributed by atoms with Crippen LogP contribution in [0.5, 0.6) is 0 Å². The number of hydrogen-bond acceptors (Lipinski definition) is 2. The minimum atomic E-state index is 0.611. The van der Waals surface area contributed by atoms with Crippen molar-refractivity contribution in [3.05, 3.63) is 71.3 Å². The molecule has 0 saturated carbocycles. The minimum absolute atomic E-state index is 0.611. The maximum absolute atomic E-state index is 8.99. The van der Waals surface area contributed by atoms with Gasteiger partial charge in [0.25, 0.3) is 0 Å². The minimum Gasteiger partial charge on any atom is -0.318 e. The highest BCUT2D eigenvalue weighted by Crippen LogP contribution is 2.13. The van der Waals surface area contributed by atoms with E-state index < -0.39 is 0 Å². The molecule has 2 heterocycles. The average Bonchev–Trinajstić information content (AvgIpc) is 2.88.